The number of halogens is 4. The molecule has 0 aromatic heterocycles. The van der Waals surface area contributed by atoms with Crippen LogP contribution in [-0.2, 0) is 4.79 Å². The average Bonchev–Trinajstić information content (AvgIpc) is 2.58. The molecule has 0 unspecified atom stereocenters. The second-order valence-electron chi connectivity index (χ2n) is 6.37. The predicted octanol–water partition coefficient (Wildman–Crippen LogP) is 2.17. The van der Waals surface area contributed by atoms with Crippen molar-refractivity contribution in [3.63, 3.8) is 0 Å². The number of nitrogens with two attached hydrogens (primary N) is 1. The van der Waals surface area contributed by atoms with Gasteiger partial charge in [0.1, 0.15) is 12.4 Å². The second kappa shape index (κ2) is 8.03. The number of amides is 2. The smallest absolute Gasteiger partial charge is 0.341 e. The molecule has 0 radical (unpaired) electrons. The van der Waals surface area contributed by atoms with Crippen LogP contribution in [0.25, 0.3) is 0 Å². The zero-order valence-electron chi connectivity index (χ0n) is 14.3. The normalized spacial score (nSPS) is 17.1. The monoisotopic (exact) mass is 375 g/mol. The molecule has 0 saturated carbocycles. The zero-order chi connectivity index (χ0) is 19.5. The standard InChI is InChI=1S/C17H21F4N3O2/c1-11(22)15(25)23-8-6-12(7-9-23)24(10-17(19,20)21)16(26)13-4-2-3-5-14(13)18/h2-5,11-12H,6-10,22H2,1H3/t11-/m1/s1. The van der Waals surface area contributed by atoms with E-state index in [-0.39, 0.29) is 31.8 Å². The van der Waals surface area contributed by atoms with Crippen molar-refractivity contribution >= 4 is 11.8 Å². The van der Waals surface area contributed by atoms with E-state index in [1.807, 2.05) is 0 Å². The van der Waals surface area contributed by atoms with Gasteiger partial charge in [0.25, 0.3) is 5.91 Å². The summed E-state index contributed by atoms with van der Waals surface area (Å²) in [5.41, 5.74) is 5.14. The van der Waals surface area contributed by atoms with Crippen molar-refractivity contribution in [1.82, 2.24) is 9.80 Å². The molecule has 9 heteroatoms. The van der Waals surface area contributed by atoms with Gasteiger partial charge in [0, 0.05) is 19.1 Å². The number of benzene rings is 1. The van der Waals surface area contributed by atoms with Crippen LogP contribution in [0.3, 0.4) is 0 Å². The van der Waals surface area contributed by atoms with E-state index in [2.05, 4.69) is 0 Å². The summed E-state index contributed by atoms with van der Waals surface area (Å²) in [6.45, 7) is 0.464. The van der Waals surface area contributed by atoms with Gasteiger partial charge in [-0.3, -0.25) is 9.59 Å². The first-order valence-corrected chi connectivity index (χ1v) is 8.27. The largest absolute Gasteiger partial charge is 0.406 e. The first-order valence-electron chi connectivity index (χ1n) is 8.27. The first-order chi connectivity index (χ1) is 12.1. The molecule has 1 fully saturated rings. The first kappa shape index (κ1) is 20.2. The summed E-state index contributed by atoms with van der Waals surface area (Å²) in [7, 11) is 0. The summed E-state index contributed by atoms with van der Waals surface area (Å²) >= 11 is 0. The van der Waals surface area contributed by atoms with E-state index in [1.54, 1.807) is 0 Å². The molecule has 2 rings (SSSR count). The molecule has 1 atom stereocenters. The van der Waals surface area contributed by atoms with Crippen LogP contribution in [0.5, 0.6) is 0 Å². The van der Waals surface area contributed by atoms with Crippen molar-refractivity contribution in [3.8, 4) is 0 Å². The van der Waals surface area contributed by atoms with Gasteiger partial charge in [0.15, 0.2) is 0 Å². The van der Waals surface area contributed by atoms with Crippen molar-refractivity contribution in [3.05, 3.63) is 35.6 Å². The maximum Gasteiger partial charge on any atom is 0.406 e. The number of carbonyl (C=O) groups is 2. The maximum absolute atomic E-state index is 13.9. The van der Waals surface area contributed by atoms with E-state index >= 15 is 0 Å². The number of rotatable bonds is 4. The summed E-state index contributed by atoms with van der Waals surface area (Å²) in [6.07, 6.45) is -4.26. The molecule has 144 valence electrons. The zero-order valence-corrected chi connectivity index (χ0v) is 14.3. The summed E-state index contributed by atoms with van der Waals surface area (Å²) in [6, 6.07) is 3.52. The highest BCUT2D eigenvalue weighted by Crippen LogP contribution is 2.25. The Morgan fingerprint density at radius 1 is 1.27 bits per heavy atom. The molecule has 0 aliphatic carbocycles. The van der Waals surface area contributed by atoms with E-state index in [0.717, 1.165) is 12.1 Å². The topological polar surface area (TPSA) is 66.6 Å². The summed E-state index contributed by atoms with van der Waals surface area (Å²) in [5.74, 6) is -2.15. The Bertz CT molecular complexity index is 656. The van der Waals surface area contributed by atoms with Gasteiger partial charge in [-0.15, -0.1) is 0 Å². The Morgan fingerprint density at radius 3 is 2.35 bits per heavy atom. The van der Waals surface area contributed by atoms with Gasteiger partial charge in [-0.2, -0.15) is 13.2 Å². The molecule has 0 spiro atoms. The fraction of sp³-hybridized carbons (Fsp3) is 0.529. The highest BCUT2D eigenvalue weighted by Gasteiger charge is 2.39. The lowest BCUT2D eigenvalue weighted by molar-refractivity contribution is -0.148. The second-order valence-corrected chi connectivity index (χ2v) is 6.37. The van der Waals surface area contributed by atoms with Crippen LogP contribution in [0.1, 0.15) is 30.1 Å². The van der Waals surface area contributed by atoms with E-state index in [4.69, 9.17) is 5.73 Å². The predicted molar refractivity (Wildman–Crippen MR) is 86.7 cm³/mol. The molecule has 26 heavy (non-hydrogen) atoms. The van der Waals surface area contributed by atoms with Crippen molar-refractivity contribution in [1.29, 1.82) is 0 Å². The van der Waals surface area contributed by atoms with Crippen LogP contribution >= 0.6 is 0 Å². The number of likely N-dealkylation sites (tertiary alicyclic amines) is 1. The van der Waals surface area contributed by atoms with Gasteiger partial charge in [-0.1, -0.05) is 12.1 Å². The number of hydrogen-bond donors (Lipinski definition) is 1. The molecule has 5 nitrogen and oxygen atoms in total. The highest BCUT2D eigenvalue weighted by molar-refractivity contribution is 5.94. The molecule has 1 aliphatic heterocycles. The molecular weight excluding hydrogens is 354 g/mol. The third-order valence-corrected chi connectivity index (χ3v) is 4.32. The lowest BCUT2D eigenvalue weighted by Gasteiger charge is -2.39. The fourth-order valence-electron chi connectivity index (χ4n) is 3.04. The minimum atomic E-state index is -4.61. The van der Waals surface area contributed by atoms with Gasteiger partial charge < -0.3 is 15.5 Å². The number of nitrogens with zero attached hydrogens (tertiary/aromatic N) is 2. The highest BCUT2D eigenvalue weighted by atomic mass is 19.4. The Kier molecular flexibility index (Phi) is 6.22. The minimum absolute atomic E-state index is 0.175. The third-order valence-electron chi connectivity index (χ3n) is 4.32. The number of alkyl halides is 3. The SMILES string of the molecule is C[C@@H](N)C(=O)N1CCC(N(CC(F)(F)F)C(=O)c2ccccc2F)CC1. The van der Waals surface area contributed by atoms with Crippen LogP contribution in [0, 0.1) is 5.82 Å². The minimum Gasteiger partial charge on any atom is -0.341 e. The van der Waals surface area contributed by atoms with Gasteiger partial charge in [-0.25, -0.2) is 4.39 Å². The molecule has 2 N–H and O–H groups in total. The fourth-order valence-corrected chi connectivity index (χ4v) is 3.04. The third kappa shape index (κ3) is 4.94. The van der Waals surface area contributed by atoms with Crippen LogP contribution in [0.15, 0.2) is 24.3 Å². The lowest BCUT2D eigenvalue weighted by Crippen LogP contribution is -2.53. The van der Waals surface area contributed by atoms with E-state index in [1.165, 1.54) is 24.0 Å². The number of carbonyl (C=O) groups excluding carboxylic acids is 2. The lowest BCUT2D eigenvalue weighted by atomic mass is 10.0. The van der Waals surface area contributed by atoms with Gasteiger partial charge >= 0.3 is 6.18 Å². The van der Waals surface area contributed by atoms with Gasteiger partial charge in [0.2, 0.25) is 5.91 Å². The van der Waals surface area contributed by atoms with Gasteiger partial charge in [0.05, 0.1) is 11.6 Å². The quantitative estimate of drug-likeness (QED) is 0.821. The summed E-state index contributed by atoms with van der Waals surface area (Å²) < 4.78 is 52.8. The van der Waals surface area contributed by atoms with E-state index < -0.39 is 42.1 Å². The molecule has 1 aliphatic rings. The number of hydrogen-bond acceptors (Lipinski definition) is 3. The molecular formula is C17H21F4N3O2. The molecule has 1 aromatic carbocycles. The van der Waals surface area contributed by atoms with Crippen molar-refractivity contribution < 1.29 is 27.2 Å². The molecule has 1 saturated heterocycles. The Labute approximate surface area is 148 Å². The Morgan fingerprint density at radius 2 is 1.85 bits per heavy atom. The van der Waals surface area contributed by atoms with Crippen LogP contribution < -0.4 is 5.73 Å². The van der Waals surface area contributed by atoms with Crippen molar-refractivity contribution in [2.45, 2.75) is 38.0 Å². The van der Waals surface area contributed by atoms with Crippen LogP contribution in [0.4, 0.5) is 17.6 Å². The molecule has 1 aromatic rings. The Balaban J connectivity index is 2.17. The van der Waals surface area contributed by atoms with Gasteiger partial charge in [-0.05, 0) is 31.9 Å². The average molecular weight is 375 g/mol. The van der Waals surface area contributed by atoms with E-state index in [9.17, 15) is 27.2 Å². The molecule has 1 heterocycles. The Hall–Kier alpha value is -2.16. The van der Waals surface area contributed by atoms with Crippen LogP contribution in [0.2, 0.25) is 0 Å². The number of piperidine rings is 1. The summed E-state index contributed by atoms with van der Waals surface area (Å²) in [5, 5.41) is 0. The van der Waals surface area contributed by atoms with Crippen molar-refractivity contribution in [2.75, 3.05) is 19.6 Å². The van der Waals surface area contributed by atoms with E-state index in [0.29, 0.717) is 4.90 Å². The molecule has 2 amide bonds. The maximum atomic E-state index is 13.9. The van der Waals surface area contributed by atoms with Crippen molar-refractivity contribution in [2.24, 2.45) is 5.73 Å². The summed E-state index contributed by atoms with van der Waals surface area (Å²) in [4.78, 5) is 26.6. The van der Waals surface area contributed by atoms with Crippen LogP contribution in [-0.4, -0.2) is 59.5 Å². The molecule has 0 bridgehead atoms.